The molecule has 0 spiro atoms. The maximum atomic E-state index is 13.5. The van der Waals surface area contributed by atoms with E-state index in [1.54, 1.807) is 18.4 Å². The van der Waals surface area contributed by atoms with Crippen molar-refractivity contribution in [3.05, 3.63) is 102 Å². The zero-order valence-electron chi connectivity index (χ0n) is 19.5. The summed E-state index contributed by atoms with van der Waals surface area (Å²) < 4.78 is 30.6. The number of carbonyl (C=O) groups excluding carboxylic acids is 1. The Hall–Kier alpha value is -3.98. The summed E-state index contributed by atoms with van der Waals surface area (Å²) >= 11 is 0. The molecule has 0 radical (unpaired) electrons. The number of para-hydroxylation sites is 1. The highest BCUT2D eigenvalue weighted by molar-refractivity contribution is 7.91. The Morgan fingerprint density at radius 3 is 2.43 bits per heavy atom. The van der Waals surface area contributed by atoms with Crippen LogP contribution in [0.1, 0.15) is 34.3 Å². The number of hydrogen-bond acceptors (Lipinski definition) is 7. The first kappa shape index (κ1) is 24.2. The van der Waals surface area contributed by atoms with Gasteiger partial charge in [-0.25, -0.2) is 18.4 Å². The van der Waals surface area contributed by atoms with E-state index in [4.69, 9.17) is 4.42 Å². The lowest BCUT2D eigenvalue weighted by Gasteiger charge is -2.25. The van der Waals surface area contributed by atoms with Gasteiger partial charge in [0, 0.05) is 12.2 Å². The molecule has 2 heterocycles. The third-order valence-electron chi connectivity index (χ3n) is 5.50. The molecule has 4 aromatic rings. The van der Waals surface area contributed by atoms with Gasteiger partial charge in [0.1, 0.15) is 5.76 Å². The van der Waals surface area contributed by atoms with Crippen LogP contribution < -0.4 is 10.2 Å². The standard InChI is InChI=1S/C26H26N4O4S/c1-3-35(32,33)26-27-16-23(24(29-26)25(31)28-22-14-8-7-10-19(22)2)30(18-21-13-9-15-34-21)17-20-11-5-4-6-12-20/h4-16H,3,17-18H2,1-2H3,(H,28,31). The molecular formula is C26H26N4O4S. The molecule has 0 bridgehead atoms. The molecule has 8 nitrogen and oxygen atoms in total. The van der Waals surface area contributed by atoms with Gasteiger partial charge >= 0.3 is 0 Å². The van der Waals surface area contributed by atoms with E-state index in [2.05, 4.69) is 15.3 Å². The third-order valence-corrected chi connectivity index (χ3v) is 7.01. The summed E-state index contributed by atoms with van der Waals surface area (Å²) in [5.74, 6) is -0.0242. The first-order valence-corrected chi connectivity index (χ1v) is 12.8. The molecule has 35 heavy (non-hydrogen) atoms. The Morgan fingerprint density at radius 1 is 1.00 bits per heavy atom. The minimum atomic E-state index is -3.73. The van der Waals surface area contributed by atoms with Crippen LogP contribution in [0.15, 0.2) is 88.8 Å². The number of anilines is 2. The van der Waals surface area contributed by atoms with Crippen molar-refractivity contribution in [2.45, 2.75) is 32.1 Å². The zero-order valence-corrected chi connectivity index (χ0v) is 20.3. The van der Waals surface area contributed by atoms with Gasteiger partial charge in [0.2, 0.25) is 15.0 Å². The van der Waals surface area contributed by atoms with E-state index in [-0.39, 0.29) is 16.6 Å². The molecule has 2 aromatic heterocycles. The van der Waals surface area contributed by atoms with Gasteiger partial charge in [-0.05, 0) is 36.2 Å². The highest BCUT2D eigenvalue weighted by Crippen LogP contribution is 2.26. The van der Waals surface area contributed by atoms with Gasteiger partial charge in [0.25, 0.3) is 5.91 Å². The van der Waals surface area contributed by atoms with E-state index in [1.807, 2.05) is 66.4 Å². The maximum absolute atomic E-state index is 13.5. The largest absolute Gasteiger partial charge is 0.467 e. The van der Waals surface area contributed by atoms with E-state index in [0.717, 1.165) is 11.1 Å². The number of rotatable bonds is 9. The van der Waals surface area contributed by atoms with Gasteiger partial charge in [0.15, 0.2) is 5.69 Å². The summed E-state index contributed by atoms with van der Waals surface area (Å²) in [7, 11) is -3.73. The van der Waals surface area contributed by atoms with Gasteiger partial charge < -0.3 is 14.6 Å². The smallest absolute Gasteiger partial charge is 0.276 e. The molecule has 0 fully saturated rings. The summed E-state index contributed by atoms with van der Waals surface area (Å²) in [5, 5.41) is 2.49. The molecule has 0 saturated heterocycles. The third kappa shape index (κ3) is 5.75. The van der Waals surface area contributed by atoms with Crippen molar-refractivity contribution in [1.82, 2.24) is 9.97 Å². The summed E-state index contributed by atoms with van der Waals surface area (Å²) in [6, 6.07) is 20.7. The van der Waals surface area contributed by atoms with Crippen molar-refractivity contribution in [3.8, 4) is 0 Å². The predicted octanol–water partition coefficient (Wildman–Crippen LogP) is 4.63. The van der Waals surface area contributed by atoms with E-state index in [0.29, 0.717) is 30.2 Å². The lowest BCUT2D eigenvalue weighted by atomic mass is 10.1. The van der Waals surface area contributed by atoms with E-state index in [9.17, 15) is 13.2 Å². The average Bonchev–Trinajstić information content (AvgIpc) is 3.38. The van der Waals surface area contributed by atoms with Crippen LogP contribution in [0.25, 0.3) is 0 Å². The van der Waals surface area contributed by atoms with Crippen LogP contribution >= 0.6 is 0 Å². The number of aromatic nitrogens is 2. The van der Waals surface area contributed by atoms with E-state index in [1.165, 1.54) is 13.1 Å². The number of carbonyl (C=O) groups is 1. The number of hydrogen-bond donors (Lipinski definition) is 1. The molecule has 1 amide bonds. The van der Waals surface area contributed by atoms with Gasteiger partial charge in [0.05, 0.1) is 30.4 Å². The molecule has 4 rings (SSSR count). The summed E-state index contributed by atoms with van der Waals surface area (Å²) in [5.41, 5.74) is 2.84. The number of sulfone groups is 1. The van der Waals surface area contributed by atoms with Gasteiger partial charge in [-0.15, -0.1) is 0 Å². The second kappa shape index (κ2) is 10.5. The Morgan fingerprint density at radius 2 is 1.74 bits per heavy atom. The highest BCUT2D eigenvalue weighted by atomic mass is 32.2. The van der Waals surface area contributed by atoms with Crippen molar-refractivity contribution < 1.29 is 17.6 Å². The number of amides is 1. The molecular weight excluding hydrogens is 464 g/mol. The molecule has 2 aromatic carbocycles. The first-order valence-electron chi connectivity index (χ1n) is 11.2. The highest BCUT2D eigenvalue weighted by Gasteiger charge is 2.25. The average molecular weight is 491 g/mol. The van der Waals surface area contributed by atoms with E-state index >= 15 is 0 Å². The molecule has 1 N–H and O–H groups in total. The Balaban J connectivity index is 1.80. The topological polar surface area (TPSA) is 105 Å². The van der Waals surface area contributed by atoms with Crippen LogP contribution in [0, 0.1) is 6.92 Å². The molecule has 180 valence electrons. The summed E-state index contributed by atoms with van der Waals surface area (Å²) in [6.07, 6.45) is 2.98. The SMILES string of the molecule is CCS(=O)(=O)c1ncc(N(Cc2ccccc2)Cc2ccco2)c(C(=O)Nc2ccccc2C)n1. The van der Waals surface area contributed by atoms with Crippen molar-refractivity contribution >= 4 is 27.1 Å². The van der Waals surface area contributed by atoms with Gasteiger partial charge in [-0.1, -0.05) is 55.5 Å². The van der Waals surface area contributed by atoms with Crippen molar-refractivity contribution in [1.29, 1.82) is 0 Å². The van der Waals surface area contributed by atoms with Gasteiger partial charge in [-0.3, -0.25) is 4.79 Å². The lowest BCUT2D eigenvalue weighted by molar-refractivity contribution is 0.102. The van der Waals surface area contributed by atoms with Crippen LogP contribution in [0.5, 0.6) is 0 Å². The Labute approximate surface area is 204 Å². The number of nitrogens with zero attached hydrogens (tertiary/aromatic N) is 3. The van der Waals surface area contributed by atoms with Crippen LogP contribution in [0.2, 0.25) is 0 Å². The molecule has 0 aliphatic heterocycles. The molecule has 9 heteroatoms. The first-order chi connectivity index (χ1) is 16.9. The summed E-state index contributed by atoms with van der Waals surface area (Å²) in [4.78, 5) is 23.7. The maximum Gasteiger partial charge on any atom is 0.276 e. The quantitative estimate of drug-likeness (QED) is 0.341. The number of furan rings is 1. The van der Waals surface area contributed by atoms with E-state index < -0.39 is 15.7 Å². The molecule has 0 saturated carbocycles. The fraction of sp³-hybridized carbons (Fsp3) is 0.192. The minimum absolute atomic E-state index is 0.0298. The monoisotopic (exact) mass is 490 g/mol. The predicted molar refractivity (Wildman–Crippen MR) is 134 cm³/mol. The van der Waals surface area contributed by atoms with Crippen molar-refractivity contribution in [2.24, 2.45) is 0 Å². The number of benzene rings is 2. The van der Waals surface area contributed by atoms with Crippen LogP contribution in [0.4, 0.5) is 11.4 Å². The van der Waals surface area contributed by atoms with Crippen molar-refractivity contribution in [3.63, 3.8) is 0 Å². The van der Waals surface area contributed by atoms with Crippen LogP contribution in [0.3, 0.4) is 0 Å². The second-order valence-corrected chi connectivity index (χ2v) is 10.2. The van der Waals surface area contributed by atoms with Crippen molar-refractivity contribution in [2.75, 3.05) is 16.0 Å². The Kier molecular flexibility index (Phi) is 7.26. The molecule has 0 aliphatic carbocycles. The molecule has 0 aliphatic rings. The second-order valence-electron chi connectivity index (χ2n) is 7.98. The molecule has 0 unspecified atom stereocenters. The fourth-order valence-electron chi connectivity index (χ4n) is 3.55. The molecule has 0 atom stereocenters. The number of nitrogens with one attached hydrogen (secondary N) is 1. The lowest BCUT2D eigenvalue weighted by Crippen LogP contribution is -2.27. The van der Waals surface area contributed by atoms with Crippen LogP contribution in [-0.2, 0) is 22.9 Å². The fourth-order valence-corrected chi connectivity index (χ4v) is 4.25. The van der Waals surface area contributed by atoms with Gasteiger partial charge in [-0.2, -0.15) is 0 Å². The normalized spacial score (nSPS) is 11.3. The Bertz CT molecular complexity index is 1400. The number of aryl methyl sites for hydroxylation is 1. The minimum Gasteiger partial charge on any atom is -0.467 e. The summed E-state index contributed by atoms with van der Waals surface area (Å²) in [6.45, 7) is 4.14. The van der Waals surface area contributed by atoms with Crippen LogP contribution in [-0.4, -0.2) is 30.0 Å². The zero-order chi connectivity index (χ0) is 24.8.